The highest BCUT2D eigenvalue weighted by molar-refractivity contribution is 7.88. The number of hydrogen-bond donors (Lipinski definition) is 1. The zero-order valence-corrected chi connectivity index (χ0v) is 15.3. The molecule has 0 fully saturated rings. The van der Waals surface area contributed by atoms with Crippen molar-refractivity contribution in [3.8, 4) is 5.75 Å². The van der Waals surface area contributed by atoms with Crippen molar-refractivity contribution in [1.29, 1.82) is 0 Å². The van der Waals surface area contributed by atoms with Crippen LogP contribution in [0.25, 0.3) is 0 Å². The van der Waals surface area contributed by atoms with Gasteiger partial charge in [0.25, 0.3) is 0 Å². The van der Waals surface area contributed by atoms with Gasteiger partial charge < -0.3 is 10.1 Å². The van der Waals surface area contributed by atoms with Crippen LogP contribution in [0.2, 0.25) is 0 Å². The quantitative estimate of drug-likeness (QED) is 0.821. The lowest BCUT2D eigenvalue weighted by Gasteiger charge is -2.20. The van der Waals surface area contributed by atoms with Crippen LogP contribution < -0.4 is 10.1 Å². The summed E-state index contributed by atoms with van der Waals surface area (Å²) in [5.74, 6) is 0.306. The van der Waals surface area contributed by atoms with Gasteiger partial charge in [-0.15, -0.1) is 0 Å². The molecule has 0 bridgehead atoms. The minimum absolute atomic E-state index is 0.115. The molecule has 134 valence electrons. The van der Waals surface area contributed by atoms with Crippen molar-refractivity contribution >= 4 is 21.6 Å². The van der Waals surface area contributed by atoms with Crippen LogP contribution in [-0.2, 0) is 21.4 Å². The fourth-order valence-corrected chi connectivity index (χ4v) is 3.02. The Bertz CT molecular complexity index is 832. The third-order valence-electron chi connectivity index (χ3n) is 3.73. The fraction of sp³-hybridized carbons (Fsp3) is 0.278. The first-order chi connectivity index (χ1) is 11.8. The second-order valence-corrected chi connectivity index (χ2v) is 7.72. The molecule has 2 rings (SSSR count). The maximum absolute atomic E-state index is 12.3. The van der Waals surface area contributed by atoms with Crippen LogP contribution in [0.5, 0.6) is 5.75 Å². The van der Waals surface area contributed by atoms with Gasteiger partial charge in [-0.05, 0) is 36.2 Å². The summed E-state index contributed by atoms with van der Waals surface area (Å²) in [5.41, 5.74) is 2.36. The Morgan fingerprint density at radius 2 is 1.76 bits per heavy atom. The average Bonchev–Trinajstić information content (AvgIpc) is 2.56. The molecule has 0 aliphatic rings. The van der Waals surface area contributed by atoms with Gasteiger partial charge in [-0.25, -0.2) is 8.42 Å². The molecule has 2 aromatic rings. The van der Waals surface area contributed by atoms with Crippen LogP contribution in [0.1, 0.15) is 11.1 Å². The monoisotopic (exact) mass is 362 g/mol. The molecule has 7 heteroatoms. The molecule has 0 radical (unpaired) electrons. The van der Waals surface area contributed by atoms with Crippen molar-refractivity contribution in [2.45, 2.75) is 13.5 Å². The predicted molar refractivity (Wildman–Crippen MR) is 98.1 cm³/mol. The Hall–Kier alpha value is -2.38. The predicted octanol–water partition coefficient (Wildman–Crippen LogP) is 2.40. The maximum atomic E-state index is 12.3. The van der Waals surface area contributed by atoms with E-state index in [-0.39, 0.29) is 19.0 Å². The summed E-state index contributed by atoms with van der Waals surface area (Å²) in [6.07, 6.45) is 1.09. The standard InChI is InChI=1S/C18H22N2O4S/c1-14-6-4-5-7-17(14)19-18(21)13-20(25(3,22)23)12-15-8-10-16(24-2)11-9-15/h4-11H,12-13H2,1-3H3,(H,19,21). The van der Waals surface area contributed by atoms with Crippen molar-refractivity contribution in [2.24, 2.45) is 0 Å². The highest BCUT2D eigenvalue weighted by Crippen LogP contribution is 2.16. The van der Waals surface area contributed by atoms with Crippen LogP contribution in [0.4, 0.5) is 5.69 Å². The van der Waals surface area contributed by atoms with Gasteiger partial charge in [-0.1, -0.05) is 30.3 Å². The number of methoxy groups -OCH3 is 1. The lowest BCUT2D eigenvalue weighted by molar-refractivity contribution is -0.116. The van der Waals surface area contributed by atoms with Crippen molar-refractivity contribution in [2.75, 3.05) is 25.2 Å². The number of nitrogens with zero attached hydrogens (tertiary/aromatic N) is 1. The minimum atomic E-state index is -3.54. The number of carbonyl (C=O) groups is 1. The van der Waals surface area contributed by atoms with Gasteiger partial charge in [-0.3, -0.25) is 4.79 Å². The first-order valence-electron chi connectivity index (χ1n) is 7.73. The summed E-state index contributed by atoms with van der Waals surface area (Å²) in [6, 6.07) is 14.4. The molecule has 0 aliphatic carbocycles. The van der Waals surface area contributed by atoms with E-state index in [1.165, 1.54) is 0 Å². The molecule has 0 unspecified atom stereocenters. The van der Waals surface area contributed by atoms with Crippen LogP contribution >= 0.6 is 0 Å². The van der Waals surface area contributed by atoms with Gasteiger partial charge in [0, 0.05) is 12.2 Å². The Balaban J connectivity index is 2.09. The highest BCUT2D eigenvalue weighted by atomic mass is 32.2. The Morgan fingerprint density at radius 3 is 2.32 bits per heavy atom. The van der Waals surface area contributed by atoms with Crippen LogP contribution in [0, 0.1) is 6.92 Å². The number of hydrogen-bond acceptors (Lipinski definition) is 4. The van der Waals surface area contributed by atoms with E-state index >= 15 is 0 Å². The molecular formula is C18H22N2O4S. The molecule has 6 nitrogen and oxygen atoms in total. The van der Waals surface area contributed by atoms with Gasteiger partial charge >= 0.3 is 0 Å². The summed E-state index contributed by atoms with van der Waals surface area (Å²) in [6.45, 7) is 1.74. The van der Waals surface area contributed by atoms with E-state index in [0.29, 0.717) is 11.4 Å². The maximum Gasteiger partial charge on any atom is 0.239 e. The molecule has 0 aromatic heterocycles. The van der Waals surface area contributed by atoms with Gasteiger partial charge in [0.2, 0.25) is 15.9 Å². The second kappa shape index (κ2) is 8.13. The number of para-hydroxylation sites is 1. The lowest BCUT2D eigenvalue weighted by atomic mass is 10.2. The van der Waals surface area contributed by atoms with E-state index in [1.54, 1.807) is 37.4 Å². The van der Waals surface area contributed by atoms with E-state index < -0.39 is 10.0 Å². The van der Waals surface area contributed by atoms with Crippen molar-refractivity contribution in [3.05, 3.63) is 59.7 Å². The van der Waals surface area contributed by atoms with Crippen molar-refractivity contribution in [1.82, 2.24) is 4.31 Å². The number of aryl methyl sites for hydroxylation is 1. The van der Waals surface area contributed by atoms with Gasteiger partial charge in [0.15, 0.2) is 0 Å². The summed E-state index contributed by atoms with van der Waals surface area (Å²) in [4.78, 5) is 12.3. The summed E-state index contributed by atoms with van der Waals surface area (Å²) < 4.78 is 30.3. The average molecular weight is 362 g/mol. The number of nitrogens with one attached hydrogen (secondary N) is 1. The molecule has 0 saturated heterocycles. The molecule has 0 atom stereocenters. The topological polar surface area (TPSA) is 75.7 Å². The molecule has 1 amide bonds. The molecule has 25 heavy (non-hydrogen) atoms. The molecule has 1 N–H and O–H groups in total. The van der Waals surface area contributed by atoms with Gasteiger partial charge in [-0.2, -0.15) is 4.31 Å². The van der Waals surface area contributed by atoms with Gasteiger partial charge in [0.05, 0.1) is 19.9 Å². The number of benzene rings is 2. The first-order valence-corrected chi connectivity index (χ1v) is 9.58. The SMILES string of the molecule is COc1ccc(CN(CC(=O)Nc2ccccc2C)S(C)(=O)=O)cc1. The minimum Gasteiger partial charge on any atom is -0.497 e. The molecule has 0 spiro atoms. The molecular weight excluding hydrogens is 340 g/mol. The molecule has 2 aromatic carbocycles. The number of carbonyl (C=O) groups excluding carboxylic acids is 1. The van der Waals surface area contributed by atoms with Crippen molar-refractivity contribution < 1.29 is 17.9 Å². The summed E-state index contributed by atoms with van der Waals surface area (Å²) in [5, 5.41) is 2.75. The molecule has 0 aliphatic heterocycles. The lowest BCUT2D eigenvalue weighted by Crippen LogP contribution is -2.37. The first kappa shape index (κ1) is 19.0. The van der Waals surface area contributed by atoms with E-state index in [4.69, 9.17) is 4.74 Å². The van der Waals surface area contributed by atoms with Crippen LogP contribution in [-0.4, -0.2) is 38.5 Å². The molecule has 0 saturated carbocycles. The van der Waals surface area contributed by atoms with E-state index in [0.717, 1.165) is 21.7 Å². The Morgan fingerprint density at radius 1 is 1.12 bits per heavy atom. The summed E-state index contributed by atoms with van der Waals surface area (Å²) in [7, 11) is -1.97. The number of rotatable bonds is 7. The largest absolute Gasteiger partial charge is 0.497 e. The second-order valence-electron chi connectivity index (χ2n) is 5.74. The molecule has 0 heterocycles. The van der Waals surface area contributed by atoms with Crippen LogP contribution in [0.15, 0.2) is 48.5 Å². The number of ether oxygens (including phenoxy) is 1. The van der Waals surface area contributed by atoms with E-state index in [9.17, 15) is 13.2 Å². The normalized spacial score (nSPS) is 11.4. The number of amides is 1. The zero-order valence-electron chi connectivity index (χ0n) is 14.5. The van der Waals surface area contributed by atoms with E-state index in [2.05, 4.69) is 5.32 Å². The smallest absolute Gasteiger partial charge is 0.239 e. The number of sulfonamides is 1. The Labute approximate surface area is 148 Å². The Kier molecular flexibility index (Phi) is 6.17. The zero-order chi connectivity index (χ0) is 18.4. The highest BCUT2D eigenvalue weighted by Gasteiger charge is 2.21. The third-order valence-corrected chi connectivity index (χ3v) is 4.92. The van der Waals surface area contributed by atoms with E-state index in [1.807, 2.05) is 25.1 Å². The number of anilines is 1. The fourth-order valence-electron chi connectivity index (χ4n) is 2.29. The third kappa shape index (κ3) is 5.58. The summed E-state index contributed by atoms with van der Waals surface area (Å²) >= 11 is 0. The van der Waals surface area contributed by atoms with Gasteiger partial charge in [0.1, 0.15) is 5.75 Å². The van der Waals surface area contributed by atoms with Crippen LogP contribution in [0.3, 0.4) is 0 Å². The van der Waals surface area contributed by atoms with Crippen molar-refractivity contribution in [3.63, 3.8) is 0 Å².